The van der Waals surface area contributed by atoms with Crippen LogP contribution in [0.2, 0.25) is 5.15 Å². The van der Waals surface area contributed by atoms with Gasteiger partial charge in [0, 0.05) is 19.6 Å². The van der Waals surface area contributed by atoms with E-state index in [2.05, 4.69) is 4.98 Å². The highest BCUT2D eigenvalue weighted by molar-refractivity contribution is 7.90. The molecule has 1 amide bonds. The number of halogens is 1. The van der Waals surface area contributed by atoms with Gasteiger partial charge in [0.05, 0.1) is 12.6 Å². The van der Waals surface area contributed by atoms with Gasteiger partial charge in [-0.1, -0.05) is 31.5 Å². The number of fused-ring (bicyclic) bond motifs is 1. The molecule has 9 heteroatoms. The normalized spacial score (nSPS) is 32.8. The van der Waals surface area contributed by atoms with Crippen molar-refractivity contribution >= 4 is 27.5 Å². The van der Waals surface area contributed by atoms with Crippen LogP contribution in [0, 0.1) is 5.92 Å². The van der Waals surface area contributed by atoms with E-state index >= 15 is 0 Å². The Bertz CT molecular complexity index is 846. The molecule has 0 unspecified atom stereocenters. The lowest BCUT2D eigenvalue weighted by atomic mass is 9.99. The van der Waals surface area contributed by atoms with Crippen LogP contribution in [0.15, 0.2) is 18.2 Å². The number of ether oxygens (including phenoxy) is 1. The Labute approximate surface area is 158 Å². The summed E-state index contributed by atoms with van der Waals surface area (Å²) >= 11 is 5.90. The fourth-order valence-electron chi connectivity index (χ4n) is 4.36. The summed E-state index contributed by atoms with van der Waals surface area (Å²) in [6.45, 7) is 5.40. The third-order valence-corrected chi connectivity index (χ3v) is 7.85. The summed E-state index contributed by atoms with van der Waals surface area (Å²) in [5, 5.41) is -0.321. The number of sulfonamides is 1. The van der Waals surface area contributed by atoms with Crippen LogP contribution in [0.5, 0.6) is 0 Å². The first-order valence-electron chi connectivity index (χ1n) is 8.80. The van der Waals surface area contributed by atoms with Crippen LogP contribution in [-0.2, 0) is 14.8 Å². The number of likely N-dealkylation sites (tertiary alicyclic amines) is 1. The topological polar surface area (TPSA) is 79.8 Å². The highest BCUT2D eigenvalue weighted by Gasteiger charge is 2.65. The predicted molar refractivity (Wildman–Crippen MR) is 96.5 cm³/mol. The standard InChI is InChI=1S/C17H22ClN3O4S/c1-11(2)7-21-10-17-9-20(16(22)13-4-3-5-15(18)19-13)8-12(25-17)6-14(17)26(21,23)24/h3-5,11-12,14H,6-10H2,1-2H3/t12-,14+,17+/m1/s1. The molecule has 3 fully saturated rings. The Morgan fingerprint density at radius 1 is 1.42 bits per heavy atom. The SMILES string of the molecule is CC(C)CN1C[C@@]23CN(C(=O)c4cccc(Cl)n4)C[C@@H](C[C@@H]2S1(=O)=O)O3. The van der Waals surface area contributed by atoms with E-state index in [0.29, 0.717) is 26.1 Å². The fraction of sp³-hybridized carbons (Fsp3) is 0.647. The highest BCUT2D eigenvalue weighted by atomic mass is 35.5. The van der Waals surface area contributed by atoms with Gasteiger partial charge >= 0.3 is 0 Å². The first-order valence-corrected chi connectivity index (χ1v) is 10.7. The van der Waals surface area contributed by atoms with Crippen molar-refractivity contribution in [3.63, 3.8) is 0 Å². The number of rotatable bonds is 3. The molecule has 3 aliphatic rings. The van der Waals surface area contributed by atoms with E-state index in [4.69, 9.17) is 16.3 Å². The van der Waals surface area contributed by atoms with E-state index in [1.807, 2.05) is 13.8 Å². The van der Waals surface area contributed by atoms with E-state index in [1.165, 1.54) is 4.31 Å². The van der Waals surface area contributed by atoms with Crippen molar-refractivity contribution < 1.29 is 17.9 Å². The molecule has 0 aliphatic carbocycles. The van der Waals surface area contributed by atoms with Crippen molar-refractivity contribution in [2.24, 2.45) is 5.92 Å². The Morgan fingerprint density at radius 3 is 2.88 bits per heavy atom. The van der Waals surface area contributed by atoms with Crippen molar-refractivity contribution in [1.82, 2.24) is 14.2 Å². The Kier molecular flexibility index (Phi) is 4.30. The zero-order valence-electron chi connectivity index (χ0n) is 14.8. The van der Waals surface area contributed by atoms with Gasteiger partial charge in [-0.15, -0.1) is 0 Å². The minimum atomic E-state index is -3.41. The summed E-state index contributed by atoms with van der Waals surface area (Å²) in [4.78, 5) is 18.6. The Balaban J connectivity index is 1.61. The quantitative estimate of drug-likeness (QED) is 0.717. The number of hydrogen-bond donors (Lipinski definition) is 0. The number of carbonyl (C=O) groups excluding carboxylic acids is 1. The second kappa shape index (κ2) is 6.15. The van der Waals surface area contributed by atoms with Gasteiger partial charge in [0.2, 0.25) is 10.0 Å². The van der Waals surface area contributed by atoms with Gasteiger partial charge in [0.15, 0.2) is 0 Å². The van der Waals surface area contributed by atoms with Crippen LogP contribution >= 0.6 is 11.6 Å². The third-order valence-electron chi connectivity index (χ3n) is 5.30. The molecule has 1 aromatic rings. The lowest BCUT2D eigenvalue weighted by molar-refractivity contribution is -0.0980. The minimum Gasteiger partial charge on any atom is -0.365 e. The molecule has 3 aliphatic heterocycles. The fourth-order valence-corrected chi connectivity index (χ4v) is 7.00. The van der Waals surface area contributed by atoms with Crippen molar-refractivity contribution in [2.75, 3.05) is 26.2 Å². The molecule has 0 radical (unpaired) electrons. The number of carbonyl (C=O) groups is 1. The Morgan fingerprint density at radius 2 is 2.19 bits per heavy atom. The van der Waals surface area contributed by atoms with Crippen molar-refractivity contribution in [3.8, 4) is 0 Å². The van der Waals surface area contributed by atoms with E-state index in [1.54, 1.807) is 23.1 Å². The van der Waals surface area contributed by atoms with Crippen LogP contribution in [0.4, 0.5) is 0 Å². The molecule has 1 spiro atoms. The van der Waals surface area contributed by atoms with Gasteiger partial charge in [0.1, 0.15) is 21.7 Å². The molecule has 7 nitrogen and oxygen atoms in total. The van der Waals surface area contributed by atoms with Crippen LogP contribution in [0.1, 0.15) is 30.8 Å². The van der Waals surface area contributed by atoms with Gasteiger partial charge in [-0.2, -0.15) is 4.31 Å². The van der Waals surface area contributed by atoms with Crippen LogP contribution in [-0.4, -0.2) is 71.6 Å². The lowest BCUT2D eigenvalue weighted by Crippen LogP contribution is -2.56. The number of hydrogen-bond acceptors (Lipinski definition) is 5. The zero-order chi connectivity index (χ0) is 18.7. The first kappa shape index (κ1) is 18.2. The smallest absolute Gasteiger partial charge is 0.272 e. The van der Waals surface area contributed by atoms with Gasteiger partial charge < -0.3 is 9.64 Å². The third kappa shape index (κ3) is 2.83. The number of nitrogens with zero attached hydrogens (tertiary/aromatic N) is 3. The van der Waals surface area contributed by atoms with Crippen molar-refractivity contribution in [2.45, 2.75) is 37.2 Å². The van der Waals surface area contributed by atoms with Crippen molar-refractivity contribution in [3.05, 3.63) is 29.0 Å². The van der Waals surface area contributed by atoms with Crippen LogP contribution in [0.3, 0.4) is 0 Å². The van der Waals surface area contributed by atoms with Crippen LogP contribution < -0.4 is 0 Å². The second-order valence-corrected chi connectivity index (χ2v) is 10.3. The molecular formula is C17H22ClN3O4S. The van der Waals surface area contributed by atoms with E-state index in [-0.39, 0.29) is 35.3 Å². The number of aromatic nitrogens is 1. The molecule has 4 rings (SSSR count). The molecule has 4 heterocycles. The maximum Gasteiger partial charge on any atom is 0.272 e. The van der Waals surface area contributed by atoms with E-state index in [0.717, 1.165) is 0 Å². The molecule has 3 saturated heterocycles. The molecule has 1 aromatic heterocycles. The summed E-state index contributed by atoms with van der Waals surface area (Å²) < 4.78 is 33.6. The second-order valence-electron chi connectivity index (χ2n) is 7.79. The lowest BCUT2D eigenvalue weighted by Gasteiger charge is -2.39. The zero-order valence-corrected chi connectivity index (χ0v) is 16.3. The monoisotopic (exact) mass is 399 g/mol. The number of amides is 1. The van der Waals surface area contributed by atoms with Crippen LogP contribution in [0.25, 0.3) is 0 Å². The average Bonchev–Trinajstić information content (AvgIpc) is 2.92. The van der Waals surface area contributed by atoms with E-state index < -0.39 is 20.9 Å². The molecule has 26 heavy (non-hydrogen) atoms. The van der Waals surface area contributed by atoms with Gasteiger partial charge in [-0.05, 0) is 24.5 Å². The summed E-state index contributed by atoms with van der Waals surface area (Å²) in [7, 11) is -3.41. The number of pyridine rings is 1. The van der Waals surface area contributed by atoms with Crippen molar-refractivity contribution in [1.29, 1.82) is 0 Å². The first-order chi connectivity index (χ1) is 12.2. The molecule has 142 valence electrons. The molecule has 0 aromatic carbocycles. The van der Waals surface area contributed by atoms with Gasteiger partial charge in [-0.25, -0.2) is 13.4 Å². The van der Waals surface area contributed by atoms with Gasteiger partial charge in [0.25, 0.3) is 5.91 Å². The molecule has 2 bridgehead atoms. The van der Waals surface area contributed by atoms with E-state index in [9.17, 15) is 13.2 Å². The summed E-state index contributed by atoms with van der Waals surface area (Å²) in [5.74, 6) is -0.00619. The molecule has 3 atom stereocenters. The number of morpholine rings is 1. The summed E-state index contributed by atoms with van der Waals surface area (Å²) in [6, 6.07) is 4.92. The average molecular weight is 400 g/mol. The maximum absolute atomic E-state index is 13.0. The molecular weight excluding hydrogens is 378 g/mol. The maximum atomic E-state index is 13.0. The Hall–Kier alpha value is -1.22. The predicted octanol–water partition coefficient (Wildman–Crippen LogP) is 1.39. The largest absolute Gasteiger partial charge is 0.365 e. The molecule has 0 N–H and O–H groups in total. The minimum absolute atomic E-state index is 0.229. The van der Waals surface area contributed by atoms with Gasteiger partial charge in [-0.3, -0.25) is 4.79 Å². The summed E-state index contributed by atoms with van der Waals surface area (Å²) in [6.07, 6.45) is 0.178. The highest BCUT2D eigenvalue weighted by Crippen LogP contribution is 2.46. The molecule has 0 saturated carbocycles. The summed E-state index contributed by atoms with van der Waals surface area (Å²) in [5.41, 5.74) is -0.572.